The van der Waals surface area contributed by atoms with Gasteiger partial charge in [0.25, 0.3) is 5.69 Å². The van der Waals surface area contributed by atoms with Crippen LogP contribution in [0.5, 0.6) is 5.75 Å². The van der Waals surface area contributed by atoms with Crippen LogP contribution in [-0.4, -0.2) is 29.3 Å². The van der Waals surface area contributed by atoms with Crippen molar-refractivity contribution in [2.75, 3.05) is 18.5 Å². The Morgan fingerprint density at radius 3 is 2.58 bits per heavy atom. The van der Waals surface area contributed by atoms with E-state index < -0.39 is 11.0 Å². The van der Waals surface area contributed by atoms with Crippen LogP contribution in [0.15, 0.2) is 48.5 Å². The molecule has 24 heavy (non-hydrogen) atoms. The molecule has 1 amide bonds. The van der Waals surface area contributed by atoms with Crippen LogP contribution in [0, 0.1) is 10.1 Å². The van der Waals surface area contributed by atoms with Crippen molar-refractivity contribution < 1.29 is 24.3 Å². The number of carbonyl (C=O) groups is 1. The Morgan fingerprint density at radius 1 is 1.17 bits per heavy atom. The summed E-state index contributed by atoms with van der Waals surface area (Å²) in [6, 6.07) is 13.5. The van der Waals surface area contributed by atoms with E-state index in [9.17, 15) is 14.9 Å². The van der Waals surface area contributed by atoms with E-state index in [4.69, 9.17) is 14.6 Å². The molecule has 0 heterocycles. The second-order valence-corrected chi connectivity index (χ2v) is 4.75. The first-order chi connectivity index (χ1) is 11.6. The molecule has 0 aromatic heterocycles. The maximum absolute atomic E-state index is 10.9. The molecule has 0 aliphatic heterocycles. The molecule has 0 atom stereocenters. The molecule has 0 bridgehead atoms. The van der Waals surface area contributed by atoms with Gasteiger partial charge in [0.05, 0.1) is 18.1 Å². The maximum Gasteiger partial charge on any atom is 0.409 e. The highest BCUT2D eigenvalue weighted by Crippen LogP contribution is 2.28. The zero-order valence-electron chi connectivity index (χ0n) is 12.7. The van der Waals surface area contributed by atoms with Crippen LogP contribution >= 0.6 is 0 Å². The molecule has 0 spiro atoms. The van der Waals surface area contributed by atoms with E-state index >= 15 is 0 Å². The quantitative estimate of drug-likeness (QED) is 0.436. The Balaban J connectivity index is 1.85. The zero-order valence-corrected chi connectivity index (χ0v) is 12.7. The van der Waals surface area contributed by atoms with Crippen molar-refractivity contribution in [2.24, 2.45) is 0 Å². The first-order valence-electron chi connectivity index (χ1n) is 7.09. The Kier molecular flexibility index (Phi) is 6.09. The highest BCUT2D eigenvalue weighted by Gasteiger charge is 2.16. The summed E-state index contributed by atoms with van der Waals surface area (Å²) in [6.45, 7) is 1.01. The molecule has 2 aromatic carbocycles. The van der Waals surface area contributed by atoms with E-state index in [1.54, 1.807) is 0 Å². The van der Waals surface area contributed by atoms with Crippen molar-refractivity contribution in [1.29, 1.82) is 0 Å². The minimum Gasteiger partial charge on any atom is -0.491 e. The summed E-state index contributed by atoms with van der Waals surface area (Å²) >= 11 is 0. The third kappa shape index (κ3) is 5.25. The predicted octanol–water partition coefficient (Wildman–Crippen LogP) is 3.28. The van der Waals surface area contributed by atoms with Crippen LogP contribution in [0.25, 0.3) is 0 Å². The fourth-order valence-electron chi connectivity index (χ4n) is 1.96. The fourth-order valence-corrected chi connectivity index (χ4v) is 1.96. The van der Waals surface area contributed by atoms with Gasteiger partial charge in [0.2, 0.25) is 0 Å². The van der Waals surface area contributed by atoms with Crippen molar-refractivity contribution in [2.45, 2.75) is 6.61 Å². The van der Waals surface area contributed by atoms with Gasteiger partial charge < -0.3 is 14.6 Å². The SMILES string of the molecule is O=C(O)Nc1cc(OCCOCc2ccccc2)ccc1[N+](=O)[O-]. The van der Waals surface area contributed by atoms with Crippen LogP contribution in [0.2, 0.25) is 0 Å². The Morgan fingerprint density at radius 2 is 1.92 bits per heavy atom. The number of anilines is 1. The Hall–Kier alpha value is -3.13. The highest BCUT2D eigenvalue weighted by atomic mass is 16.6. The molecule has 0 saturated heterocycles. The largest absolute Gasteiger partial charge is 0.491 e. The van der Waals surface area contributed by atoms with E-state index in [1.165, 1.54) is 18.2 Å². The van der Waals surface area contributed by atoms with Crippen molar-refractivity contribution in [3.8, 4) is 5.75 Å². The number of ether oxygens (including phenoxy) is 2. The summed E-state index contributed by atoms with van der Waals surface area (Å²) in [7, 11) is 0. The highest BCUT2D eigenvalue weighted by molar-refractivity contribution is 5.86. The monoisotopic (exact) mass is 332 g/mol. The van der Waals surface area contributed by atoms with Gasteiger partial charge in [-0.25, -0.2) is 4.79 Å². The van der Waals surface area contributed by atoms with Gasteiger partial charge in [-0.2, -0.15) is 0 Å². The molecule has 8 nitrogen and oxygen atoms in total. The second kappa shape index (κ2) is 8.49. The molecule has 2 N–H and O–H groups in total. The standard InChI is InChI=1S/C16H16N2O6/c19-16(20)17-14-10-13(6-7-15(14)18(21)22)24-9-8-23-11-12-4-2-1-3-5-12/h1-7,10,17H,8-9,11H2,(H,19,20). The number of rotatable bonds is 8. The lowest BCUT2D eigenvalue weighted by Crippen LogP contribution is -2.10. The number of amides is 1. The first-order valence-corrected chi connectivity index (χ1v) is 7.09. The molecule has 0 aliphatic carbocycles. The van der Waals surface area contributed by atoms with Gasteiger partial charge in [-0.3, -0.25) is 15.4 Å². The molecule has 2 rings (SSSR count). The average Bonchev–Trinajstić information content (AvgIpc) is 2.55. The number of nitro groups is 1. The van der Waals surface area contributed by atoms with Gasteiger partial charge in [0, 0.05) is 12.1 Å². The molecule has 0 radical (unpaired) electrons. The number of nitrogens with zero attached hydrogens (tertiary/aromatic N) is 1. The topological polar surface area (TPSA) is 111 Å². The summed E-state index contributed by atoms with van der Waals surface area (Å²) in [5, 5.41) is 21.6. The molecular formula is C16H16N2O6. The lowest BCUT2D eigenvalue weighted by atomic mass is 10.2. The number of benzene rings is 2. The number of hydrogen-bond donors (Lipinski definition) is 2. The minimum absolute atomic E-state index is 0.143. The smallest absolute Gasteiger partial charge is 0.409 e. The Bertz CT molecular complexity index is 705. The van der Waals surface area contributed by atoms with Crippen LogP contribution in [0.4, 0.5) is 16.2 Å². The van der Waals surface area contributed by atoms with Gasteiger partial charge >= 0.3 is 6.09 Å². The van der Waals surface area contributed by atoms with Crippen molar-refractivity contribution >= 4 is 17.5 Å². The number of hydrogen-bond acceptors (Lipinski definition) is 5. The normalized spacial score (nSPS) is 10.2. The third-order valence-corrected chi connectivity index (χ3v) is 3.01. The molecule has 2 aromatic rings. The van der Waals surface area contributed by atoms with Crippen molar-refractivity contribution in [1.82, 2.24) is 0 Å². The van der Waals surface area contributed by atoms with E-state index in [1.807, 2.05) is 35.6 Å². The van der Waals surface area contributed by atoms with Gasteiger partial charge in [0.15, 0.2) is 0 Å². The number of nitro benzene ring substituents is 1. The summed E-state index contributed by atoms with van der Waals surface area (Å²) in [6.07, 6.45) is -1.39. The molecule has 0 unspecified atom stereocenters. The van der Waals surface area contributed by atoms with E-state index in [-0.39, 0.29) is 18.0 Å². The van der Waals surface area contributed by atoms with Crippen molar-refractivity contribution in [3.05, 3.63) is 64.2 Å². The molecule has 0 aliphatic rings. The molecule has 0 fully saturated rings. The predicted molar refractivity (Wildman–Crippen MR) is 86.3 cm³/mol. The molecule has 0 saturated carbocycles. The summed E-state index contributed by atoms with van der Waals surface area (Å²) < 4.78 is 10.9. The molecule has 8 heteroatoms. The average molecular weight is 332 g/mol. The molecule has 126 valence electrons. The second-order valence-electron chi connectivity index (χ2n) is 4.75. The lowest BCUT2D eigenvalue weighted by molar-refractivity contribution is -0.383. The van der Waals surface area contributed by atoms with Gasteiger partial charge in [-0.05, 0) is 11.6 Å². The van der Waals surface area contributed by atoms with Crippen LogP contribution in [0.1, 0.15) is 5.56 Å². The van der Waals surface area contributed by atoms with Crippen molar-refractivity contribution in [3.63, 3.8) is 0 Å². The van der Waals surface area contributed by atoms with Crippen LogP contribution in [-0.2, 0) is 11.3 Å². The first kappa shape index (κ1) is 17.2. The summed E-state index contributed by atoms with van der Waals surface area (Å²) in [5.74, 6) is 0.313. The van der Waals surface area contributed by atoms with E-state index in [0.717, 1.165) is 5.56 Å². The van der Waals surface area contributed by atoms with Crippen LogP contribution < -0.4 is 10.1 Å². The number of carboxylic acid groups (broad SMARTS) is 1. The fraction of sp³-hybridized carbons (Fsp3) is 0.188. The van der Waals surface area contributed by atoms with Crippen LogP contribution in [0.3, 0.4) is 0 Å². The van der Waals surface area contributed by atoms with Gasteiger partial charge in [-0.1, -0.05) is 30.3 Å². The van der Waals surface area contributed by atoms with Gasteiger partial charge in [0.1, 0.15) is 18.0 Å². The number of nitrogens with one attached hydrogen (secondary N) is 1. The zero-order chi connectivity index (χ0) is 17.4. The van der Waals surface area contributed by atoms with Gasteiger partial charge in [-0.15, -0.1) is 0 Å². The third-order valence-electron chi connectivity index (χ3n) is 3.01. The van der Waals surface area contributed by atoms with E-state index in [2.05, 4.69) is 0 Å². The maximum atomic E-state index is 10.9. The van der Waals surface area contributed by atoms with E-state index in [0.29, 0.717) is 19.0 Å². The molecular weight excluding hydrogens is 316 g/mol. The summed E-state index contributed by atoms with van der Waals surface area (Å²) in [4.78, 5) is 20.9. The Labute approximate surface area is 137 Å². The minimum atomic E-state index is -1.39. The summed E-state index contributed by atoms with van der Waals surface area (Å²) in [5.41, 5.74) is 0.557. The lowest BCUT2D eigenvalue weighted by Gasteiger charge is -2.09.